The summed E-state index contributed by atoms with van der Waals surface area (Å²) in [5.74, 6) is 0.362. The fourth-order valence-corrected chi connectivity index (χ4v) is 2.23. The first-order valence-electron chi connectivity index (χ1n) is 7.91. The molecule has 2 heterocycles. The van der Waals surface area contributed by atoms with E-state index in [9.17, 15) is 4.39 Å². The van der Waals surface area contributed by atoms with E-state index in [1.165, 1.54) is 31.7 Å². The lowest BCUT2D eigenvalue weighted by molar-refractivity contribution is 0.413. The standard InChI is InChI=1S/C18H17FN6O2/c1-26-16-10-23-18(24-17(16)21)13(20)8-15(14-6-7-27-25-14)22-9-11-4-2-3-5-12(11)19/h2-8,10H,9,20H2,1H3,(H2,21,23,24)/b13-8-,22-15?. The Bertz CT molecular complexity index is 985. The van der Waals surface area contributed by atoms with E-state index < -0.39 is 0 Å². The Morgan fingerprint density at radius 2 is 2.15 bits per heavy atom. The summed E-state index contributed by atoms with van der Waals surface area (Å²) in [7, 11) is 1.46. The monoisotopic (exact) mass is 368 g/mol. The second-order valence-corrected chi connectivity index (χ2v) is 5.42. The van der Waals surface area contributed by atoms with Crippen LogP contribution in [-0.2, 0) is 6.54 Å². The molecule has 138 valence electrons. The van der Waals surface area contributed by atoms with Gasteiger partial charge in [-0.05, 0) is 12.1 Å². The molecule has 0 bridgehead atoms. The molecule has 0 atom stereocenters. The normalized spacial score (nSPS) is 12.2. The lowest BCUT2D eigenvalue weighted by Crippen LogP contribution is -2.09. The fraction of sp³-hybridized carbons (Fsp3) is 0.111. The van der Waals surface area contributed by atoms with E-state index >= 15 is 0 Å². The molecule has 0 unspecified atom stereocenters. The van der Waals surface area contributed by atoms with Gasteiger partial charge in [0.2, 0.25) is 0 Å². The van der Waals surface area contributed by atoms with Gasteiger partial charge in [-0.3, -0.25) is 4.99 Å². The summed E-state index contributed by atoms with van der Waals surface area (Å²) in [6.07, 6.45) is 4.35. The molecule has 4 N–H and O–H groups in total. The molecule has 3 rings (SSSR count). The van der Waals surface area contributed by atoms with Gasteiger partial charge in [0.1, 0.15) is 17.8 Å². The second kappa shape index (κ2) is 8.09. The predicted molar refractivity (Wildman–Crippen MR) is 98.3 cm³/mol. The number of methoxy groups -OCH3 is 1. The van der Waals surface area contributed by atoms with Crippen LogP contribution in [0.15, 0.2) is 58.4 Å². The molecule has 0 amide bonds. The number of aromatic nitrogens is 3. The highest BCUT2D eigenvalue weighted by Crippen LogP contribution is 2.18. The highest BCUT2D eigenvalue weighted by atomic mass is 19.1. The van der Waals surface area contributed by atoms with Crippen molar-refractivity contribution in [3.05, 3.63) is 71.8 Å². The van der Waals surface area contributed by atoms with Gasteiger partial charge >= 0.3 is 0 Å². The summed E-state index contributed by atoms with van der Waals surface area (Å²) in [4.78, 5) is 12.6. The number of nitrogens with two attached hydrogens (primary N) is 2. The lowest BCUT2D eigenvalue weighted by Gasteiger charge is -2.06. The number of nitrogens with zero attached hydrogens (tertiary/aromatic N) is 4. The maximum Gasteiger partial charge on any atom is 0.179 e. The molecule has 0 spiro atoms. The first kappa shape index (κ1) is 18.1. The minimum Gasteiger partial charge on any atom is -0.491 e. The van der Waals surface area contributed by atoms with Crippen LogP contribution in [0.1, 0.15) is 17.1 Å². The van der Waals surface area contributed by atoms with E-state index in [0.29, 0.717) is 22.7 Å². The van der Waals surface area contributed by atoms with Crippen molar-refractivity contribution in [2.45, 2.75) is 6.54 Å². The summed E-state index contributed by atoms with van der Waals surface area (Å²) in [5, 5.41) is 3.86. The highest BCUT2D eigenvalue weighted by Gasteiger charge is 2.11. The molecule has 9 heteroatoms. The number of ether oxygens (including phenoxy) is 1. The van der Waals surface area contributed by atoms with E-state index in [2.05, 4.69) is 20.1 Å². The Morgan fingerprint density at radius 1 is 1.33 bits per heavy atom. The van der Waals surface area contributed by atoms with Crippen molar-refractivity contribution < 1.29 is 13.7 Å². The number of anilines is 1. The molecule has 3 aromatic rings. The van der Waals surface area contributed by atoms with Gasteiger partial charge in [-0.1, -0.05) is 23.4 Å². The van der Waals surface area contributed by atoms with Gasteiger partial charge in [-0.2, -0.15) is 0 Å². The molecule has 0 radical (unpaired) electrons. The Labute approximate surface area is 154 Å². The van der Waals surface area contributed by atoms with Crippen LogP contribution in [-0.4, -0.2) is 27.9 Å². The molecule has 0 fully saturated rings. The molecule has 8 nitrogen and oxygen atoms in total. The van der Waals surface area contributed by atoms with Crippen LogP contribution in [0.2, 0.25) is 0 Å². The number of hydrogen-bond donors (Lipinski definition) is 2. The number of allylic oxidation sites excluding steroid dienone is 1. The zero-order valence-corrected chi connectivity index (χ0v) is 14.5. The van der Waals surface area contributed by atoms with Gasteiger partial charge in [0.15, 0.2) is 17.4 Å². The first-order chi connectivity index (χ1) is 13.1. The Morgan fingerprint density at radius 3 is 2.81 bits per heavy atom. The van der Waals surface area contributed by atoms with Crippen molar-refractivity contribution in [2.24, 2.45) is 10.7 Å². The van der Waals surface area contributed by atoms with E-state index in [1.54, 1.807) is 24.3 Å². The second-order valence-electron chi connectivity index (χ2n) is 5.42. The molecule has 0 aliphatic carbocycles. The van der Waals surface area contributed by atoms with Crippen LogP contribution in [0.3, 0.4) is 0 Å². The maximum absolute atomic E-state index is 13.8. The van der Waals surface area contributed by atoms with Gasteiger partial charge in [-0.15, -0.1) is 0 Å². The Kier molecular flexibility index (Phi) is 5.41. The molecular weight excluding hydrogens is 351 g/mol. The van der Waals surface area contributed by atoms with Crippen LogP contribution in [0.25, 0.3) is 5.70 Å². The van der Waals surface area contributed by atoms with Crippen molar-refractivity contribution in [1.82, 2.24) is 15.1 Å². The summed E-state index contributed by atoms with van der Waals surface area (Å²) in [5.41, 5.74) is 13.4. The van der Waals surface area contributed by atoms with Gasteiger partial charge in [0.25, 0.3) is 0 Å². The number of nitrogen functional groups attached to an aromatic ring is 1. The third-order valence-corrected chi connectivity index (χ3v) is 3.63. The number of aliphatic imine (C=N–C) groups is 1. The fourth-order valence-electron chi connectivity index (χ4n) is 2.23. The smallest absolute Gasteiger partial charge is 0.179 e. The van der Waals surface area contributed by atoms with E-state index in [4.69, 9.17) is 20.7 Å². The maximum atomic E-state index is 13.8. The van der Waals surface area contributed by atoms with Gasteiger partial charge in [-0.25, -0.2) is 14.4 Å². The number of hydrogen-bond acceptors (Lipinski definition) is 8. The Balaban J connectivity index is 1.94. The lowest BCUT2D eigenvalue weighted by atomic mass is 10.2. The van der Waals surface area contributed by atoms with Crippen molar-refractivity contribution in [1.29, 1.82) is 0 Å². The minimum atomic E-state index is -0.344. The average Bonchev–Trinajstić information content (AvgIpc) is 3.20. The van der Waals surface area contributed by atoms with Gasteiger partial charge in [0.05, 0.1) is 31.3 Å². The predicted octanol–water partition coefficient (Wildman–Crippen LogP) is 2.18. The summed E-state index contributed by atoms with van der Waals surface area (Å²) < 4.78 is 23.7. The first-order valence-corrected chi connectivity index (χ1v) is 7.91. The zero-order valence-electron chi connectivity index (χ0n) is 14.5. The van der Waals surface area contributed by atoms with Crippen LogP contribution < -0.4 is 16.2 Å². The number of rotatable bonds is 6. The highest BCUT2D eigenvalue weighted by molar-refractivity contribution is 6.10. The van der Waals surface area contributed by atoms with Crippen LogP contribution >= 0.6 is 0 Å². The third-order valence-electron chi connectivity index (χ3n) is 3.63. The quantitative estimate of drug-likeness (QED) is 0.639. The molecular formula is C18H17FN6O2. The zero-order chi connectivity index (χ0) is 19.2. The van der Waals surface area contributed by atoms with E-state index in [0.717, 1.165) is 0 Å². The largest absolute Gasteiger partial charge is 0.491 e. The molecule has 0 aliphatic heterocycles. The minimum absolute atomic E-state index is 0.101. The summed E-state index contributed by atoms with van der Waals surface area (Å²) in [6.45, 7) is 0.101. The summed E-state index contributed by atoms with van der Waals surface area (Å²) in [6, 6.07) is 8.00. The van der Waals surface area contributed by atoms with E-state index in [1.807, 2.05) is 0 Å². The van der Waals surface area contributed by atoms with Gasteiger partial charge < -0.3 is 20.7 Å². The van der Waals surface area contributed by atoms with Crippen LogP contribution in [0, 0.1) is 5.82 Å². The third kappa shape index (κ3) is 4.27. The van der Waals surface area contributed by atoms with Crippen molar-refractivity contribution in [3.8, 4) is 5.75 Å². The molecule has 0 saturated heterocycles. The number of halogens is 1. The summed E-state index contributed by atoms with van der Waals surface area (Å²) >= 11 is 0. The SMILES string of the molecule is COc1cnc(/C(N)=C/C(=NCc2ccccc2F)c2ccon2)nc1N. The number of benzene rings is 1. The van der Waals surface area contributed by atoms with Gasteiger partial charge in [0, 0.05) is 11.6 Å². The van der Waals surface area contributed by atoms with Crippen molar-refractivity contribution in [3.63, 3.8) is 0 Å². The molecule has 2 aromatic heterocycles. The molecule has 0 saturated carbocycles. The van der Waals surface area contributed by atoms with Crippen molar-refractivity contribution >= 4 is 17.2 Å². The molecule has 27 heavy (non-hydrogen) atoms. The molecule has 1 aromatic carbocycles. The van der Waals surface area contributed by atoms with Crippen LogP contribution in [0.4, 0.5) is 10.2 Å². The van der Waals surface area contributed by atoms with Crippen LogP contribution in [0.5, 0.6) is 5.75 Å². The average molecular weight is 368 g/mol. The van der Waals surface area contributed by atoms with Crippen molar-refractivity contribution in [2.75, 3.05) is 12.8 Å². The Hall–Kier alpha value is -3.75. The van der Waals surface area contributed by atoms with E-state index in [-0.39, 0.29) is 29.7 Å². The topological polar surface area (TPSA) is 125 Å². The molecule has 0 aliphatic rings.